The Kier molecular flexibility index (Phi) is 7.33. The van der Waals surface area contributed by atoms with Crippen LogP contribution in [0, 0.1) is 5.82 Å². The minimum Gasteiger partial charge on any atom is -0.487 e. The predicted octanol–water partition coefficient (Wildman–Crippen LogP) is 6.19. The number of halogens is 3. The standard InChI is InChI=1S/C27H24Cl2FNO4/c1-27(14-17-5-7-23(30)22(29)12-17)15-20-13-19(6-8-24(20)35-27)26(34)31(10-9-25(32)33)16-18-3-2-4-21(28)11-18/h2-8,11-13H,9-10,14-16H2,1H3,(H,32,33)/t27-/m0/s1. The molecule has 8 heteroatoms. The van der Waals surface area contributed by atoms with Gasteiger partial charge >= 0.3 is 5.97 Å². The van der Waals surface area contributed by atoms with E-state index < -0.39 is 17.4 Å². The number of nitrogens with zero attached hydrogens (tertiary/aromatic N) is 1. The number of benzene rings is 3. The van der Waals surface area contributed by atoms with Gasteiger partial charge in [-0.1, -0.05) is 41.4 Å². The molecule has 1 heterocycles. The number of carboxylic acid groups (broad SMARTS) is 1. The van der Waals surface area contributed by atoms with Gasteiger partial charge in [0.1, 0.15) is 17.2 Å². The first kappa shape index (κ1) is 25.0. The fraction of sp³-hybridized carbons (Fsp3) is 0.259. The minimum atomic E-state index is -0.979. The molecule has 1 atom stereocenters. The molecule has 5 nitrogen and oxygen atoms in total. The molecule has 1 amide bonds. The highest BCUT2D eigenvalue weighted by atomic mass is 35.5. The molecule has 0 radical (unpaired) electrons. The maximum Gasteiger partial charge on any atom is 0.305 e. The molecule has 0 spiro atoms. The molecule has 182 valence electrons. The molecule has 3 aromatic rings. The number of rotatable bonds is 8. The first-order valence-corrected chi connectivity index (χ1v) is 11.9. The van der Waals surface area contributed by atoms with E-state index >= 15 is 0 Å². The summed E-state index contributed by atoms with van der Waals surface area (Å²) in [5.74, 6) is -1.03. The van der Waals surface area contributed by atoms with E-state index in [4.69, 9.17) is 33.0 Å². The van der Waals surface area contributed by atoms with Gasteiger partial charge in [-0.2, -0.15) is 0 Å². The van der Waals surface area contributed by atoms with E-state index in [-0.39, 0.29) is 30.4 Å². The Balaban J connectivity index is 1.53. The van der Waals surface area contributed by atoms with E-state index in [1.165, 1.54) is 11.0 Å². The van der Waals surface area contributed by atoms with E-state index in [2.05, 4.69) is 0 Å². The van der Waals surface area contributed by atoms with Crippen molar-refractivity contribution in [3.8, 4) is 5.75 Å². The van der Waals surface area contributed by atoms with Crippen molar-refractivity contribution >= 4 is 35.1 Å². The second-order valence-corrected chi connectivity index (χ2v) is 9.82. The first-order valence-electron chi connectivity index (χ1n) is 11.1. The molecule has 4 rings (SSSR count). The van der Waals surface area contributed by atoms with Crippen LogP contribution >= 0.6 is 23.2 Å². The van der Waals surface area contributed by atoms with Crippen LogP contribution in [0.1, 0.15) is 40.4 Å². The Bertz CT molecular complexity index is 1280. The first-order chi connectivity index (χ1) is 16.6. The number of carboxylic acids is 1. The fourth-order valence-corrected chi connectivity index (χ4v) is 4.77. The normalized spacial score (nSPS) is 16.5. The van der Waals surface area contributed by atoms with Crippen molar-refractivity contribution in [2.45, 2.75) is 38.3 Å². The number of amides is 1. The van der Waals surface area contributed by atoms with Crippen LogP contribution in [0.5, 0.6) is 5.75 Å². The molecule has 0 unspecified atom stereocenters. The largest absolute Gasteiger partial charge is 0.487 e. The third kappa shape index (κ3) is 6.13. The van der Waals surface area contributed by atoms with Crippen LogP contribution in [0.2, 0.25) is 10.0 Å². The monoisotopic (exact) mass is 515 g/mol. The molecule has 0 aromatic heterocycles. The Morgan fingerprint density at radius 2 is 1.89 bits per heavy atom. The summed E-state index contributed by atoms with van der Waals surface area (Å²) in [7, 11) is 0. The average Bonchev–Trinajstić information content (AvgIpc) is 3.13. The lowest BCUT2D eigenvalue weighted by Gasteiger charge is -2.24. The van der Waals surface area contributed by atoms with Crippen LogP contribution in [-0.2, 0) is 24.2 Å². The summed E-state index contributed by atoms with van der Waals surface area (Å²) in [4.78, 5) is 26.1. The summed E-state index contributed by atoms with van der Waals surface area (Å²) in [5.41, 5.74) is 2.42. The second kappa shape index (κ2) is 10.3. The molecule has 35 heavy (non-hydrogen) atoms. The van der Waals surface area contributed by atoms with Crippen molar-refractivity contribution in [3.63, 3.8) is 0 Å². The number of carbonyl (C=O) groups is 2. The van der Waals surface area contributed by atoms with Gasteiger partial charge in [-0.05, 0) is 66.1 Å². The highest BCUT2D eigenvalue weighted by Gasteiger charge is 2.35. The third-order valence-electron chi connectivity index (χ3n) is 5.94. The SMILES string of the molecule is C[C@]1(Cc2ccc(F)c(Cl)c2)Cc2cc(C(=O)N(CCC(=O)O)Cc3cccc(Cl)c3)ccc2O1. The minimum absolute atomic E-state index is 0.0654. The van der Waals surface area contributed by atoms with Gasteiger partial charge in [-0.15, -0.1) is 0 Å². The van der Waals surface area contributed by atoms with Crippen molar-refractivity contribution < 1.29 is 23.8 Å². The molecule has 0 saturated heterocycles. The molecule has 1 N–H and O–H groups in total. The van der Waals surface area contributed by atoms with Crippen LogP contribution in [0.3, 0.4) is 0 Å². The summed E-state index contributed by atoms with van der Waals surface area (Å²) in [6.45, 7) is 2.27. The van der Waals surface area contributed by atoms with Crippen LogP contribution in [-0.4, -0.2) is 34.0 Å². The van der Waals surface area contributed by atoms with Crippen LogP contribution in [0.25, 0.3) is 0 Å². The summed E-state index contributed by atoms with van der Waals surface area (Å²) in [6.07, 6.45) is 0.908. The van der Waals surface area contributed by atoms with E-state index in [1.54, 1.807) is 48.5 Å². The average molecular weight is 516 g/mol. The lowest BCUT2D eigenvalue weighted by Crippen LogP contribution is -2.33. The molecular weight excluding hydrogens is 492 g/mol. The van der Waals surface area contributed by atoms with Crippen LogP contribution < -0.4 is 4.74 Å². The second-order valence-electron chi connectivity index (χ2n) is 8.98. The van der Waals surface area contributed by atoms with Gasteiger partial charge in [-0.25, -0.2) is 4.39 Å². The fourth-order valence-electron chi connectivity index (χ4n) is 4.36. The molecule has 0 saturated carbocycles. The van der Waals surface area contributed by atoms with Gasteiger partial charge in [0.25, 0.3) is 5.91 Å². The number of ether oxygens (including phenoxy) is 1. The van der Waals surface area contributed by atoms with Gasteiger partial charge in [-0.3, -0.25) is 9.59 Å². The van der Waals surface area contributed by atoms with E-state index in [0.717, 1.165) is 16.7 Å². The van der Waals surface area contributed by atoms with Crippen molar-refractivity contribution in [3.05, 3.63) is 98.8 Å². The van der Waals surface area contributed by atoms with E-state index in [9.17, 15) is 14.0 Å². The van der Waals surface area contributed by atoms with Gasteiger partial charge in [0.15, 0.2) is 0 Å². The lowest BCUT2D eigenvalue weighted by molar-refractivity contribution is -0.137. The molecule has 0 aliphatic carbocycles. The Morgan fingerprint density at radius 1 is 1.09 bits per heavy atom. The summed E-state index contributed by atoms with van der Waals surface area (Å²) >= 11 is 12.0. The lowest BCUT2D eigenvalue weighted by atomic mass is 9.91. The van der Waals surface area contributed by atoms with Gasteiger partial charge < -0.3 is 14.7 Å². The zero-order valence-electron chi connectivity index (χ0n) is 19.1. The highest BCUT2D eigenvalue weighted by molar-refractivity contribution is 6.31. The molecule has 1 aliphatic rings. The predicted molar refractivity (Wildman–Crippen MR) is 133 cm³/mol. The third-order valence-corrected chi connectivity index (χ3v) is 6.46. The molecular formula is C27H24Cl2FNO4. The topological polar surface area (TPSA) is 66.8 Å². The summed E-state index contributed by atoms with van der Waals surface area (Å²) in [6, 6.07) is 17.0. The summed E-state index contributed by atoms with van der Waals surface area (Å²) in [5, 5.41) is 9.77. The van der Waals surface area contributed by atoms with Gasteiger partial charge in [0.2, 0.25) is 0 Å². The Morgan fingerprint density at radius 3 is 2.60 bits per heavy atom. The van der Waals surface area contributed by atoms with Crippen molar-refractivity contribution in [2.75, 3.05) is 6.54 Å². The molecule has 1 aliphatic heterocycles. The Labute approximate surface area is 213 Å². The number of hydrogen-bond donors (Lipinski definition) is 1. The maximum atomic E-state index is 13.5. The summed E-state index contributed by atoms with van der Waals surface area (Å²) < 4.78 is 19.7. The zero-order chi connectivity index (χ0) is 25.2. The zero-order valence-corrected chi connectivity index (χ0v) is 20.6. The van der Waals surface area contributed by atoms with Crippen LogP contribution in [0.15, 0.2) is 60.7 Å². The maximum absolute atomic E-state index is 13.5. The highest BCUT2D eigenvalue weighted by Crippen LogP contribution is 2.38. The smallest absolute Gasteiger partial charge is 0.305 e. The quantitative estimate of drug-likeness (QED) is 0.388. The van der Waals surface area contributed by atoms with E-state index in [0.29, 0.717) is 29.2 Å². The van der Waals surface area contributed by atoms with Crippen molar-refractivity contribution in [1.29, 1.82) is 0 Å². The Hall–Kier alpha value is -3.09. The van der Waals surface area contributed by atoms with Gasteiger partial charge in [0, 0.05) is 36.5 Å². The van der Waals surface area contributed by atoms with Crippen molar-refractivity contribution in [1.82, 2.24) is 4.90 Å². The number of aliphatic carboxylic acids is 1. The van der Waals surface area contributed by atoms with Crippen molar-refractivity contribution in [2.24, 2.45) is 0 Å². The van der Waals surface area contributed by atoms with Gasteiger partial charge in [0.05, 0.1) is 11.4 Å². The molecule has 3 aromatic carbocycles. The molecule has 0 bridgehead atoms. The number of hydrogen-bond acceptors (Lipinski definition) is 3. The van der Waals surface area contributed by atoms with E-state index in [1.807, 2.05) is 13.0 Å². The van der Waals surface area contributed by atoms with Crippen LogP contribution in [0.4, 0.5) is 4.39 Å². The number of carbonyl (C=O) groups excluding carboxylic acids is 1. The molecule has 0 fully saturated rings. The number of fused-ring (bicyclic) bond motifs is 1.